The first-order valence-electron chi connectivity index (χ1n) is 6.85. The van der Waals surface area contributed by atoms with Crippen molar-refractivity contribution >= 4 is 38.9 Å². The first kappa shape index (κ1) is 18.7. The lowest BCUT2D eigenvalue weighted by molar-refractivity contribution is 0.0939. The molecule has 2 aromatic carbocycles. The second-order valence-corrected chi connectivity index (χ2v) is 8.11. The monoisotopic (exact) mass is 389 g/mol. The molecule has 2 aromatic rings. The Balaban J connectivity index is 2.25. The van der Waals surface area contributed by atoms with Crippen molar-refractivity contribution in [2.75, 3.05) is 6.26 Å². The van der Waals surface area contributed by atoms with Crippen LogP contribution >= 0.6 is 23.2 Å². The molecule has 24 heavy (non-hydrogen) atoms. The number of carbonyl (C=O) groups is 1. The van der Waals surface area contributed by atoms with E-state index in [0.717, 1.165) is 12.3 Å². The van der Waals surface area contributed by atoms with Gasteiger partial charge in [0.05, 0.1) is 16.0 Å². The van der Waals surface area contributed by atoms with Gasteiger partial charge in [0.2, 0.25) is 0 Å². The lowest BCUT2D eigenvalue weighted by Gasteiger charge is -2.16. The average molecular weight is 390 g/mol. The topological polar surface area (TPSA) is 63.2 Å². The van der Waals surface area contributed by atoms with E-state index < -0.39 is 27.6 Å². The van der Waals surface area contributed by atoms with Gasteiger partial charge in [-0.3, -0.25) is 4.79 Å². The van der Waals surface area contributed by atoms with Crippen LogP contribution in [0.5, 0.6) is 0 Å². The van der Waals surface area contributed by atoms with Crippen LogP contribution in [-0.2, 0) is 9.84 Å². The molecule has 1 amide bonds. The van der Waals surface area contributed by atoms with Crippen LogP contribution in [0.25, 0.3) is 0 Å². The Hall–Kier alpha value is -1.63. The molecule has 0 aliphatic heterocycles. The van der Waals surface area contributed by atoms with Crippen LogP contribution in [0.2, 0.25) is 10.0 Å². The van der Waals surface area contributed by atoms with Gasteiger partial charge in [-0.2, -0.15) is 0 Å². The fourth-order valence-electron chi connectivity index (χ4n) is 2.10. The van der Waals surface area contributed by atoms with Gasteiger partial charge in [-0.15, -0.1) is 0 Å². The van der Waals surface area contributed by atoms with Crippen molar-refractivity contribution in [2.24, 2.45) is 0 Å². The molecule has 0 saturated heterocycles. The maximum Gasteiger partial charge on any atom is 0.251 e. The maximum atomic E-state index is 13.6. The minimum atomic E-state index is -3.42. The number of rotatable bonds is 4. The highest BCUT2D eigenvalue weighted by atomic mass is 35.5. The summed E-state index contributed by atoms with van der Waals surface area (Å²) in [6.07, 6.45) is 1.06. The zero-order valence-corrected chi connectivity index (χ0v) is 15.1. The van der Waals surface area contributed by atoms with Crippen molar-refractivity contribution in [1.29, 1.82) is 0 Å². The van der Waals surface area contributed by atoms with Gasteiger partial charge >= 0.3 is 0 Å². The Bertz CT molecular complexity index is 900. The standard InChI is InChI=1S/C16H14Cl2FNO3S/c1-9(12-7-15(19)14(18)8-13(12)17)20-16(21)10-4-3-5-11(6-10)24(2,22)23/h3-9H,1-2H3,(H,20,21). The normalized spacial score (nSPS) is 12.7. The Kier molecular flexibility index (Phi) is 5.52. The van der Waals surface area contributed by atoms with Crippen molar-refractivity contribution in [1.82, 2.24) is 5.32 Å². The van der Waals surface area contributed by atoms with E-state index in [1.54, 1.807) is 6.92 Å². The summed E-state index contributed by atoms with van der Waals surface area (Å²) in [6.45, 7) is 1.63. The third-order valence-electron chi connectivity index (χ3n) is 3.38. The van der Waals surface area contributed by atoms with Crippen molar-refractivity contribution in [3.63, 3.8) is 0 Å². The van der Waals surface area contributed by atoms with Crippen LogP contribution in [0.15, 0.2) is 41.3 Å². The smallest absolute Gasteiger partial charge is 0.251 e. The molecule has 8 heteroatoms. The number of amides is 1. The molecular weight excluding hydrogens is 376 g/mol. The zero-order chi connectivity index (χ0) is 18.1. The number of nitrogens with one attached hydrogen (secondary N) is 1. The van der Waals surface area contributed by atoms with Crippen molar-refractivity contribution < 1.29 is 17.6 Å². The second-order valence-electron chi connectivity index (χ2n) is 5.28. The number of hydrogen-bond donors (Lipinski definition) is 1. The van der Waals surface area contributed by atoms with Crippen LogP contribution in [0.4, 0.5) is 4.39 Å². The van der Waals surface area contributed by atoms with Crippen LogP contribution in [0.3, 0.4) is 0 Å². The van der Waals surface area contributed by atoms with Gasteiger partial charge < -0.3 is 5.32 Å². The van der Waals surface area contributed by atoms with E-state index in [-0.39, 0.29) is 20.5 Å². The summed E-state index contributed by atoms with van der Waals surface area (Å²) in [4.78, 5) is 12.3. The van der Waals surface area contributed by atoms with Gasteiger partial charge in [0.15, 0.2) is 9.84 Å². The summed E-state index contributed by atoms with van der Waals surface area (Å²) in [5.41, 5.74) is 0.543. The molecule has 0 aliphatic carbocycles. The molecule has 0 radical (unpaired) electrons. The SMILES string of the molecule is CC(NC(=O)c1cccc(S(C)(=O)=O)c1)c1cc(F)c(Cl)cc1Cl. The Morgan fingerprint density at radius 2 is 1.83 bits per heavy atom. The summed E-state index contributed by atoms with van der Waals surface area (Å²) in [5, 5.41) is 2.76. The quantitative estimate of drug-likeness (QED) is 0.802. The zero-order valence-electron chi connectivity index (χ0n) is 12.8. The molecule has 0 spiro atoms. The van der Waals surface area contributed by atoms with Gasteiger partial charge in [-0.25, -0.2) is 12.8 Å². The van der Waals surface area contributed by atoms with Gasteiger partial charge in [0, 0.05) is 16.8 Å². The third-order valence-corrected chi connectivity index (χ3v) is 5.11. The maximum absolute atomic E-state index is 13.6. The molecule has 4 nitrogen and oxygen atoms in total. The van der Waals surface area contributed by atoms with Crippen LogP contribution in [-0.4, -0.2) is 20.6 Å². The van der Waals surface area contributed by atoms with Crippen molar-refractivity contribution in [2.45, 2.75) is 17.9 Å². The predicted octanol–water partition coefficient (Wildman–Crippen LogP) is 4.03. The lowest BCUT2D eigenvalue weighted by atomic mass is 10.1. The van der Waals surface area contributed by atoms with E-state index in [4.69, 9.17) is 23.2 Å². The molecule has 128 valence electrons. The number of sulfone groups is 1. The van der Waals surface area contributed by atoms with Crippen molar-refractivity contribution in [3.8, 4) is 0 Å². The number of halogens is 3. The fraction of sp³-hybridized carbons (Fsp3) is 0.188. The Morgan fingerprint density at radius 1 is 1.17 bits per heavy atom. The first-order chi connectivity index (χ1) is 11.1. The van der Waals surface area contributed by atoms with E-state index in [1.165, 1.54) is 30.3 Å². The summed E-state index contributed by atoms with van der Waals surface area (Å²) in [6, 6.07) is 7.47. The highest BCUT2D eigenvalue weighted by Crippen LogP contribution is 2.28. The minimum Gasteiger partial charge on any atom is -0.345 e. The molecule has 0 aromatic heterocycles. The van der Waals surface area contributed by atoms with E-state index in [9.17, 15) is 17.6 Å². The highest BCUT2D eigenvalue weighted by Gasteiger charge is 2.17. The van der Waals surface area contributed by atoms with Gasteiger partial charge in [0.25, 0.3) is 5.91 Å². The first-order valence-corrected chi connectivity index (χ1v) is 9.49. The summed E-state index contributed by atoms with van der Waals surface area (Å²) in [5.74, 6) is -1.14. The molecule has 0 saturated carbocycles. The number of benzene rings is 2. The van der Waals surface area contributed by atoms with E-state index in [0.29, 0.717) is 5.56 Å². The molecular formula is C16H14Cl2FNO3S. The number of carbonyl (C=O) groups excluding carboxylic acids is 1. The van der Waals surface area contributed by atoms with E-state index >= 15 is 0 Å². The lowest BCUT2D eigenvalue weighted by Crippen LogP contribution is -2.27. The largest absolute Gasteiger partial charge is 0.345 e. The van der Waals surface area contributed by atoms with Crippen molar-refractivity contribution in [3.05, 3.63) is 63.4 Å². The van der Waals surface area contributed by atoms with Gasteiger partial charge in [-0.05, 0) is 42.8 Å². The van der Waals surface area contributed by atoms with Gasteiger partial charge in [-0.1, -0.05) is 29.3 Å². The molecule has 1 N–H and O–H groups in total. The van der Waals surface area contributed by atoms with Crippen LogP contribution < -0.4 is 5.32 Å². The predicted molar refractivity (Wildman–Crippen MR) is 91.9 cm³/mol. The third kappa shape index (κ3) is 4.26. The molecule has 0 aliphatic rings. The molecule has 2 rings (SSSR count). The Labute approximate surface area is 149 Å². The molecule has 1 unspecified atom stereocenters. The highest BCUT2D eigenvalue weighted by molar-refractivity contribution is 7.90. The molecule has 1 atom stereocenters. The second kappa shape index (κ2) is 7.09. The fourth-order valence-corrected chi connectivity index (χ4v) is 3.31. The summed E-state index contributed by atoms with van der Waals surface area (Å²) < 4.78 is 36.7. The molecule has 0 bridgehead atoms. The molecule has 0 heterocycles. The minimum absolute atomic E-state index is 0.0402. The van der Waals surface area contributed by atoms with Gasteiger partial charge in [0.1, 0.15) is 5.82 Å². The number of hydrogen-bond acceptors (Lipinski definition) is 3. The molecule has 0 fully saturated rings. The summed E-state index contributed by atoms with van der Waals surface area (Å²) in [7, 11) is -3.42. The Morgan fingerprint density at radius 3 is 2.46 bits per heavy atom. The summed E-state index contributed by atoms with van der Waals surface area (Å²) >= 11 is 11.7. The van der Waals surface area contributed by atoms with Crippen LogP contribution in [0.1, 0.15) is 28.9 Å². The van der Waals surface area contributed by atoms with E-state index in [2.05, 4.69) is 5.32 Å². The van der Waals surface area contributed by atoms with E-state index in [1.807, 2.05) is 0 Å². The average Bonchev–Trinajstić information content (AvgIpc) is 2.50. The van der Waals surface area contributed by atoms with Crippen LogP contribution in [0, 0.1) is 5.82 Å².